The Morgan fingerprint density at radius 2 is 1.58 bits per heavy atom. The molecule has 3 rings (SSSR count). The van der Waals surface area contributed by atoms with E-state index in [0.717, 1.165) is 26.0 Å². The van der Waals surface area contributed by atoms with Gasteiger partial charge in [0.15, 0.2) is 0 Å². The quantitative estimate of drug-likeness (QED) is 0.266. The number of benzene rings is 3. The van der Waals surface area contributed by atoms with Gasteiger partial charge in [-0.15, -0.1) is 0 Å². The van der Waals surface area contributed by atoms with Gasteiger partial charge in [0.1, 0.15) is 18.4 Å². The summed E-state index contributed by atoms with van der Waals surface area (Å²) in [6.07, 6.45) is 0.896. The molecule has 6 nitrogen and oxygen atoms in total. The number of nitrogens with two attached hydrogens (primary N) is 1. The van der Waals surface area contributed by atoms with Gasteiger partial charge < -0.3 is 21.1 Å². The molecule has 2 amide bonds. The number of hydrogen-bond acceptors (Lipinski definition) is 4. The second kappa shape index (κ2) is 14.0. The molecule has 0 aliphatic rings. The molecule has 0 aliphatic carbocycles. The zero-order chi connectivity index (χ0) is 25.9. The Bertz CT molecular complexity index is 1120. The summed E-state index contributed by atoms with van der Waals surface area (Å²) >= 11 is 2.24. The highest BCUT2D eigenvalue weighted by molar-refractivity contribution is 14.1. The number of ether oxygens (including phenoxy) is 1. The summed E-state index contributed by atoms with van der Waals surface area (Å²) < 4.78 is 6.96. The molecule has 7 heteroatoms. The van der Waals surface area contributed by atoms with Gasteiger partial charge in [-0.1, -0.05) is 68.4 Å². The Kier molecular flexibility index (Phi) is 10.8. The molecule has 0 saturated carbocycles. The molecule has 190 valence electrons. The Morgan fingerprint density at radius 3 is 2.25 bits per heavy atom. The Balaban J connectivity index is 1.65. The van der Waals surface area contributed by atoms with Crippen LogP contribution in [0.15, 0.2) is 78.9 Å². The molecule has 0 saturated heterocycles. The molecular weight excluding hydrogens is 565 g/mol. The summed E-state index contributed by atoms with van der Waals surface area (Å²) in [4.78, 5) is 25.9. The van der Waals surface area contributed by atoms with E-state index in [1.54, 1.807) is 0 Å². The zero-order valence-electron chi connectivity index (χ0n) is 20.7. The van der Waals surface area contributed by atoms with E-state index in [0.29, 0.717) is 26.0 Å². The predicted molar refractivity (Wildman–Crippen MR) is 151 cm³/mol. The van der Waals surface area contributed by atoms with Crippen molar-refractivity contribution in [2.45, 2.75) is 51.9 Å². The van der Waals surface area contributed by atoms with Gasteiger partial charge in [-0.05, 0) is 75.9 Å². The van der Waals surface area contributed by atoms with E-state index in [2.05, 4.69) is 33.2 Å². The van der Waals surface area contributed by atoms with E-state index in [1.165, 1.54) is 0 Å². The van der Waals surface area contributed by atoms with E-state index in [9.17, 15) is 9.59 Å². The SMILES string of the molecule is CC(C)CC(N)C(=O)NC(Cc1ccc(OCc2ccccc2)cc1)C(=O)NCc1cccc(I)c1. The average molecular weight is 600 g/mol. The molecule has 2 unspecified atom stereocenters. The third kappa shape index (κ3) is 9.28. The van der Waals surface area contributed by atoms with Crippen molar-refractivity contribution in [3.63, 3.8) is 0 Å². The van der Waals surface area contributed by atoms with Gasteiger partial charge in [-0.2, -0.15) is 0 Å². The standard InChI is InChI=1S/C29H34IN3O3/c1-20(2)15-26(31)28(34)33-27(29(35)32-18-23-9-6-10-24(30)16-23)17-21-11-13-25(14-12-21)36-19-22-7-4-3-5-8-22/h3-14,16,20,26-27H,15,17-19,31H2,1-2H3,(H,32,35)(H,33,34). The second-order valence-corrected chi connectivity index (χ2v) is 10.5. The zero-order valence-corrected chi connectivity index (χ0v) is 22.9. The number of carbonyl (C=O) groups excluding carboxylic acids is 2. The van der Waals surface area contributed by atoms with Crippen LogP contribution in [-0.2, 0) is 29.2 Å². The van der Waals surface area contributed by atoms with Crippen LogP contribution in [-0.4, -0.2) is 23.9 Å². The molecule has 3 aromatic carbocycles. The van der Waals surface area contributed by atoms with Crippen LogP contribution in [0.4, 0.5) is 0 Å². The van der Waals surface area contributed by atoms with E-state index in [4.69, 9.17) is 10.5 Å². The van der Waals surface area contributed by atoms with Gasteiger partial charge in [-0.25, -0.2) is 0 Å². The molecule has 3 aromatic rings. The number of rotatable bonds is 12. The van der Waals surface area contributed by atoms with E-state index in [1.807, 2.05) is 92.7 Å². The van der Waals surface area contributed by atoms with Crippen molar-refractivity contribution >= 4 is 34.4 Å². The third-order valence-electron chi connectivity index (χ3n) is 5.66. The Morgan fingerprint density at radius 1 is 0.889 bits per heavy atom. The van der Waals surface area contributed by atoms with Crippen molar-refractivity contribution < 1.29 is 14.3 Å². The molecule has 0 bridgehead atoms. The van der Waals surface area contributed by atoms with Crippen molar-refractivity contribution in [2.75, 3.05) is 0 Å². The van der Waals surface area contributed by atoms with Gasteiger partial charge >= 0.3 is 0 Å². The fourth-order valence-electron chi connectivity index (χ4n) is 3.76. The highest BCUT2D eigenvalue weighted by atomic mass is 127. The Hall–Kier alpha value is -2.91. The fourth-order valence-corrected chi connectivity index (χ4v) is 4.37. The number of hydrogen-bond donors (Lipinski definition) is 3. The first kappa shape index (κ1) is 27.7. The molecule has 0 aromatic heterocycles. The largest absolute Gasteiger partial charge is 0.489 e. The fraction of sp³-hybridized carbons (Fsp3) is 0.310. The summed E-state index contributed by atoms with van der Waals surface area (Å²) in [7, 11) is 0. The lowest BCUT2D eigenvalue weighted by Crippen LogP contribution is -2.52. The minimum absolute atomic E-state index is 0.247. The molecule has 4 N–H and O–H groups in total. The summed E-state index contributed by atoms with van der Waals surface area (Å²) in [5.74, 6) is 0.455. The van der Waals surface area contributed by atoms with Crippen LogP contribution in [0.25, 0.3) is 0 Å². The van der Waals surface area contributed by atoms with Crippen LogP contribution in [0.1, 0.15) is 37.0 Å². The molecule has 36 heavy (non-hydrogen) atoms. The monoisotopic (exact) mass is 599 g/mol. The maximum Gasteiger partial charge on any atom is 0.243 e. The van der Waals surface area contributed by atoms with Gasteiger partial charge in [0.2, 0.25) is 11.8 Å². The topological polar surface area (TPSA) is 93.5 Å². The molecular formula is C29H34IN3O3. The molecule has 0 spiro atoms. The summed E-state index contributed by atoms with van der Waals surface area (Å²) in [5, 5.41) is 5.83. The van der Waals surface area contributed by atoms with E-state index in [-0.39, 0.29) is 17.7 Å². The maximum atomic E-state index is 13.1. The minimum atomic E-state index is -0.741. The van der Waals surface area contributed by atoms with Crippen LogP contribution >= 0.6 is 22.6 Å². The van der Waals surface area contributed by atoms with Crippen LogP contribution < -0.4 is 21.1 Å². The van der Waals surface area contributed by atoms with E-state index >= 15 is 0 Å². The van der Waals surface area contributed by atoms with Gasteiger partial charge in [0.25, 0.3) is 0 Å². The highest BCUT2D eigenvalue weighted by Crippen LogP contribution is 2.16. The summed E-state index contributed by atoms with van der Waals surface area (Å²) in [6, 6.07) is 24.1. The number of nitrogens with one attached hydrogen (secondary N) is 2. The van der Waals surface area contributed by atoms with Crippen LogP contribution in [0.3, 0.4) is 0 Å². The maximum absolute atomic E-state index is 13.1. The van der Waals surface area contributed by atoms with Crippen molar-refractivity contribution in [3.8, 4) is 5.75 Å². The van der Waals surface area contributed by atoms with Crippen LogP contribution in [0, 0.1) is 9.49 Å². The lowest BCUT2D eigenvalue weighted by atomic mass is 10.0. The smallest absolute Gasteiger partial charge is 0.243 e. The minimum Gasteiger partial charge on any atom is -0.489 e. The van der Waals surface area contributed by atoms with Gasteiger partial charge in [0, 0.05) is 16.5 Å². The predicted octanol–water partition coefficient (Wildman–Crippen LogP) is 4.59. The third-order valence-corrected chi connectivity index (χ3v) is 6.33. The normalized spacial score (nSPS) is 12.6. The average Bonchev–Trinajstić information content (AvgIpc) is 2.86. The Labute approximate surface area is 227 Å². The summed E-state index contributed by atoms with van der Waals surface area (Å²) in [6.45, 7) is 4.89. The van der Waals surface area contributed by atoms with Crippen molar-refractivity contribution in [3.05, 3.63) is 99.1 Å². The first-order valence-electron chi connectivity index (χ1n) is 12.1. The van der Waals surface area contributed by atoms with E-state index < -0.39 is 12.1 Å². The van der Waals surface area contributed by atoms with Gasteiger partial charge in [-0.3, -0.25) is 9.59 Å². The number of amides is 2. The number of halogens is 1. The first-order chi connectivity index (χ1) is 17.3. The lowest BCUT2D eigenvalue weighted by molar-refractivity contribution is -0.129. The molecule has 0 radical (unpaired) electrons. The van der Waals surface area contributed by atoms with Crippen molar-refractivity contribution in [2.24, 2.45) is 11.7 Å². The van der Waals surface area contributed by atoms with Crippen LogP contribution in [0.2, 0.25) is 0 Å². The lowest BCUT2D eigenvalue weighted by Gasteiger charge is -2.22. The van der Waals surface area contributed by atoms with Gasteiger partial charge in [0.05, 0.1) is 6.04 Å². The summed E-state index contributed by atoms with van der Waals surface area (Å²) in [5.41, 5.74) is 9.08. The molecule has 2 atom stereocenters. The second-order valence-electron chi connectivity index (χ2n) is 9.27. The molecule has 0 aliphatic heterocycles. The molecule has 0 heterocycles. The first-order valence-corrected chi connectivity index (χ1v) is 13.2. The van der Waals surface area contributed by atoms with Crippen molar-refractivity contribution in [1.29, 1.82) is 0 Å². The highest BCUT2D eigenvalue weighted by Gasteiger charge is 2.24. The van der Waals surface area contributed by atoms with Crippen LogP contribution in [0.5, 0.6) is 5.75 Å². The number of carbonyl (C=O) groups is 2. The molecule has 0 fully saturated rings. The van der Waals surface area contributed by atoms with Crippen molar-refractivity contribution in [1.82, 2.24) is 10.6 Å².